The first kappa shape index (κ1) is 9.43. The van der Waals surface area contributed by atoms with Crippen molar-refractivity contribution in [1.29, 1.82) is 0 Å². The highest BCUT2D eigenvalue weighted by Gasteiger charge is 2.52. The zero-order valence-corrected chi connectivity index (χ0v) is 7.85. The molecule has 0 aromatic heterocycles. The Kier molecular flexibility index (Phi) is 2.65. The summed E-state index contributed by atoms with van der Waals surface area (Å²) in [5.74, 6) is 0.354. The van der Waals surface area contributed by atoms with Crippen LogP contribution in [0.3, 0.4) is 0 Å². The van der Waals surface area contributed by atoms with Gasteiger partial charge in [0.15, 0.2) is 11.6 Å². The minimum atomic E-state index is -0.538. The van der Waals surface area contributed by atoms with E-state index in [4.69, 9.17) is 0 Å². The fraction of sp³-hybridized carbons (Fsp3) is 0.800. The largest absolute Gasteiger partial charge is 0.298 e. The normalized spacial score (nSPS) is 20.8. The number of Topliss-reactive ketones (excluding diaryl/α,β-unsaturated/α-hetero) is 2. The molecular formula is C10H16O2. The second-order valence-corrected chi connectivity index (χ2v) is 3.61. The van der Waals surface area contributed by atoms with Gasteiger partial charge in [-0.3, -0.25) is 9.59 Å². The van der Waals surface area contributed by atoms with Crippen molar-refractivity contribution < 1.29 is 9.59 Å². The van der Waals surface area contributed by atoms with E-state index in [0.29, 0.717) is 0 Å². The van der Waals surface area contributed by atoms with Crippen molar-refractivity contribution in [2.45, 2.75) is 46.0 Å². The van der Waals surface area contributed by atoms with E-state index in [-0.39, 0.29) is 18.0 Å². The van der Waals surface area contributed by atoms with E-state index in [2.05, 4.69) is 0 Å². The van der Waals surface area contributed by atoms with Gasteiger partial charge in [0.2, 0.25) is 0 Å². The number of ketones is 2. The van der Waals surface area contributed by atoms with Crippen molar-refractivity contribution in [3.05, 3.63) is 0 Å². The number of carbonyl (C=O) groups excluding carboxylic acids is 2. The van der Waals surface area contributed by atoms with Gasteiger partial charge in [-0.15, -0.1) is 0 Å². The van der Waals surface area contributed by atoms with E-state index < -0.39 is 5.41 Å². The van der Waals surface area contributed by atoms with E-state index in [0.717, 1.165) is 25.7 Å². The second kappa shape index (κ2) is 3.38. The first-order chi connectivity index (χ1) is 5.67. The molecule has 2 nitrogen and oxygen atoms in total. The van der Waals surface area contributed by atoms with Crippen LogP contribution in [0.25, 0.3) is 0 Å². The van der Waals surface area contributed by atoms with Crippen LogP contribution >= 0.6 is 0 Å². The predicted molar refractivity (Wildman–Crippen MR) is 46.9 cm³/mol. The van der Waals surface area contributed by atoms with Crippen LogP contribution in [0.5, 0.6) is 0 Å². The van der Waals surface area contributed by atoms with Gasteiger partial charge in [0.25, 0.3) is 0 Å². The lowest BCUT2D eigenvalue weighted by atomic mass is 9.61. The SMILES string of the molecule is CCCC1(CCC)C(=O)CC1=O. The van der Waals surface area contributed by atoms with Gasteiger partial charge in [-0.25, -0.2) is 0 Å². The molecule has 0 radical (unpaired) electrons. The van der Waals surface area contributed by atoms with E-state index in [9.17, 15) is 9.59 Å². The summed E-state index contributed by atoms with van der Waals surface area (Å²) in [6.45, 7) is 4.05. The summed E-state index contributed by atoms with van der Waals surface area (Å²) in [5, 5.41) is 0. The minimum Gasteiger partial charge on any atom is -0.298 e. The van der Waals surface area contributed by atoms with Gasteiger partial charge in [-0.1, -0.05) is 26.7 Å². The summed E-state index contributed by atoms with van der Waals surface area (Å²) in [7, 11) is 0. The van der Waals surface area contributed by atoms with E-state index in [1.807, 2.05) is 13.8 Å². The van der Waals surface area contributed by atoms with Crippen molar-refractivity contribution in [3.8, 4) is 0 Å². The van der Waals surface area contributed by atoms with Gasteiger partial charge in [0, 0.05) is 0 Å². The molecule has 0 atom stereocenters. The van der Waals surface area contributed by atoms with Crippen LogP contribution in [0.15, 0.2) is 0 Å². The molecular weight excluding hydrogens is 152 g/mol. The van der Waals surface area contributed by atoms with Gasteiger partial charge >= 0.3 is 0 Å². The van der Waals surface area contributed by atoms with Crippen LogP contribution in [0, 0.1) is 5.41 Å². The average molecular weight is 168 g/mol. The standard InChI is InChI=1S/C10H16O2/c1-3-5-10(6-4-2)8(11)7-9(10)12/h3-7H2,1-2H3. The third-order valence-corrected chi connectivity index (χ3v) is 2.74. The summed E-state index contributed by atoms with van der Waals surface area (Å²) in [4.78, 5) is 22.6. The van der Waals surface area contributed by atoms with Gasteiger partial charge < -0.3 is 0 Å². The smallest absolute Gasteiger partial charge is 0.153 e. The van der Waals surface area contributed by atoms with Crippen molar-refractivity contribution >= 4 is 11.6 Å². The summed E-state index contributed by atoms with van der Waals surface area (Å²) in [5.41, 5.74) is -0.538. The Morgan fingerprint density at radius 2 is 1.50 bits per heavy atom. The zero-order valence-electron chi connectivity index (χ0n) is 7.85. The van der Waals surface area contributed by atoms with Crippen LogP contribution in [0.2, 0.25) is 0 Å². The Hall–Kier alpha value is -0.660. The first-order valence-corrected chi connectivity index (χ1v) is 4.74. The van der Waals surface area contributed by atoms with Gasteiger partial charge in [-0.2, -0.15) is 0 Å². The highest BCUT2D eigenvalue weighted by molar-refractivity contribution is 6.24. The zero-order chi connectivity index (χ0) is 9.19. The maximum absolute atomic E-state index is 11.3. The first-order valence-electron chi connectivity index (χ1n) is 4.74. The minimum absolute atomic E-state index is 0.177. The second-order valence-electron chi connectivity index (χ2n) is 3.61. The fourth-order valence-corrected chi connectivity index (χ4v) is 2.07. The van der Waals surface area contributed by atoms with Gasteiger partial charge in [0.1, 0.15) is 0 Å². The van der Waals surface area contributed by atoms with Crippen LogP contribution in [0.1, 0.15) is 46.0 Å². The Balaban J connectivity index is 2.71. The number of rotatable bonds is 4. The maximum atomic E-state index is 11.3. The number of hydrogen-bond donors (Lipinski definition) is 0. The van der Waals surface area contributed by atoms with Gasteiger partial charge in [-0.05, 0) is 12.8 Å². The van der Waals surface area contributed by atoms with Crippen LogP contribution in [-0.2, 0) is 9.59 Å². The van der Waals surface area contributed by atoms with Crippen LogP contribution in [0.4, 0.5) is 0 Å². The lowest BCUT2D eigenvalue weighted by molar-refractivity contribution is -0.154. The molecule has 2 heteroatoms. The molecule has 0 N–H and O–H groups in total. The van der Waals surface area contributed by atoms with Crippen LogP contribution < -0.4 is 0 Å². The summed E-state index contributed by atoms with van der Waals surface area (Å²) in [6.07, 6.45) is 3.58. The highest BCUT2D eigenvalue weighted by atomic mass is 16.2. The molecule has 1 aliphatic carbocycles. The van der Waals surface area contributed by atoms with E-state index in [1.54, 1.807) is 0 Å². The Labute approximate surface area is 73.3 Å². The molecule has 68 valence electrons. The molecule has 0 aromatic rings. The molecule has 12 heavy (non-hydrogen) atoms. The average Bonchev–Trinajstić information content (AvgIpc) is 2.04. The van der Waals surface area contributed by atoms with Gasteiger partial charge in [0.05, 0.1) is 11.8 Å². The molecule has 1 aliphatic rings. The van der Waals surface area contributed by atoms with Crippen molar-refractivity contribution in [2.24, 2.45) is 5.41 Å². The number of hydrogen-bond acceptors (Lipinski definition) is 2. The van der Waals surface area contributed by atoms with Crippen molar-refractivity contribution in [3.63, 3.8) is 0 Å². The lowest BCUT2D eigenvalue weighted by Gasteiger charge is -2.37. The topological polar surface area (TPSA) is 34.1 Å². The third kappa shape index (κ3) is 1.19. The molecule has 1 saturated carbocycles. The molecule has 0 unspecified atom stereocenters. The maximum Gasteiger partial charge on any atom is 0.153 e. The lowest BCUT2D eigenvalue weighted by Crippen LogP contribution is -2.50. The molecule has 0 aromatic carbocycles. The molecule has 0 bridgehead atoms. The van der Waals surface area contributed by atoms with E-state index >= 15 is 0 Å². The quantitative estimate of drug-likeness (QED) is 0.602. The molecule has 0 saturated heterocycles. The number of carbonyl (C=O) groups is 2. The molecule has 0 amide bonds. The summed E-state index contributed by atoms with van der Waals surface area (Å²) in [6, 6.07) is 0. The van der Waals surface area contributed by atoms with E-state index in [1.165, 1.54) is 0 Å². The molecule has 1 fully saturated rings. The molecule has 0 aliphatic heterocycles. The predicted octanol–water partition coefficient (Wildman–Crippen LogP) is 2.11. The molecule has 1 rings (SSSR count). The Morgan fingerprint density at radius 1 is 1.08 bits per heavy atom. The third-order valence-electron chi connectivity index (χ3n) is 2.74. The summed E-state index contributed by atoms with van der Waals surface area (Å²) < 4.78 is 0. The molecule has 0 heterocycles. The summed E-state index contributed by atoms with van der Waals surface area (Å²) >= 11 is 0. The Morgan fingerprint density at radius 3 is 1.75 bits per heavy atom. The van der Waals surface area contributed by atoms with Crippen LogP contribution in [-0.4, -0.2) is 11.6 Å². The van der Waals surface area contributed by atoms with Crippen molar-refractivity contribution in [2.75, 3.05) is 0 Å². The fourth-order valence-electron chi connectivity index (χ4n) is 2.07. The van der Waals surface area contributed by atoms with Crippen molar-refractivity contribution in [1.82, 2.24) is 0 Å². The highest BCUT2D eigenvalue weighted by Crippen LogP contribution is 2.41. The molecule has 0 spiro atoms. The monoisotopic (exact) mass is 168 g/mol. The Bertz CT molecular complexity index is 184.